The first-order valence-electron chi connectivity index (χ1n) is 28.8. The van der Waals surface area contributed by atoms with Gasteiger partial charge in [-0.05, 0) is 120 Å². The largest absolute Gasteiger partial charge is 0.411 e. The van der Waals surface area contributed by atoms with E-state index in [1.54, 1.807) is 27.9 Å². The molecule has 0 aliphatic heterocycles. The van der Waals surface area contributed by atoms with Crippen LogP contribution in [0.25, 0.3) is 0 Å². The number of primary amides is 2. The number of unbranched alkanes of at least 4 members (excludes halogenated alkanes) is 3. The molecule has 1 unspecified atom stereocenters. The van der Waals surface area contributed by atoms with Gasteiger partial charge in [0.05, 0.1) is 73.7 Å². The molecule has 29 nitrogen and oxygen atoms in total. The zero-order chi connectivity index (χ0) is 62.5. The number of carbonyl (C=O) groups excluding carboxylic acids is 9. The molecule has 0 fully saturated rings. The fourth-order valence-electron chi connectivity index (χ4n) is 7.71. The molecule has 8 amide bonds. The number of hydrogen-bond donors (Lipinski definition) is 14. The molecule has 3 atom stereocenters. The van der Waals surface area contributed by atoms with Crippen molar-refractivity contribution in [2.24, 2.45) is 27.7 Å². The third-order valence-corrected chi connectivity index (χ3v) is 13.6. The number of nitrogens with zero attached hydrogens (tertiary/aromatic N) is 2. The van der Waals surface area contributed by atoms with Gasteiger partial charge in [-0.15, -0.1) is 0 Å². The van der Waals surface area contributed by atoms with Gasteiger partial charge in [-0.2, -0.15) is 0 Å². The number of nitrogens with one attached hydrogen (secondary N) is 10. The lowest BCUT2D eigenvalue weighted by Crippen LogP contribution is -2.57. The maximum absolute atomic E-state index is 13.4. The van der Waals surface area contributed by atoms with Crippen molar-refractivity contribution in [2.45, 2.75) is 173 Å². The van der Waals surface area contributed by atoms with Gasteiger partial charge in [0.15, 0.2) is 0 Å². The van der Waals surface area contributed by atoms with Crippen LogP contribution in [-0.2, 0) is 62.2 Å². The topological polar surface area (TPSA) is 428 Å². The third kappa shape index (κ3) is 40.0. The highest BCUT2D eigenvalue weighted by atomic mass is 16.7. The van der Waals surface area contributed by atoms with E-state index >= 15 is 0 Å². The van der Waals surface area contributed by atoms with Crippen molar-refractivity contribution >= 4 is 64.5 Å². The Balaban J connectivity index is 4.67. The number of oxime groups is 2. The van der Waals surface area contributed by atoms with Crippen molar-refractivity contribution in [1.29, 1.82) is 0 Å². The van der Waals surface area contributed by atoms with Gasteiger partial charge in [0, 0.05) is 77.3 Å². The Morgan fingerprint density at radius 3 is 1.47 bits per heavy atom. The maximum atomic E-state index is 13.4. The van der Waals surface area contributed by atoms with E-state index in [2.05, 4.69) is 63.6 Å². The minimum atomic E-state index is -0.689. The summed E-state index contributed by atoms with van der Waals surface area (Å²) in [5, 5.41) is 51.7. The van der Waals surface area contributed by atoms with Crippen molar-refractivity contribution in [3.05, 3.63) is 0 Å². The van der Waals surface area contributed by atoms with Crippen molar-refractivity contribution in [1.82, 2.24) is 53.3 Å². The van der Waals surface area contributed by atoms with Crippen LogP contribution in [-0.4, -0.2) is 204 Å². The Morgan fingerprint density at radius 2 is 0.952 bits per heavy atom. The zero-order valence-electron chi connectivity index (χ0n) is 50.6. The smallest absolute Gasteiger partial charge is 0.246 e. The molecule has 0 aromatic heterocycles. The van der Waals surface area contributed by atoms with E-state index in [0.717, 1.165) is 6.42 Å². The van der Waals surface area contributed by atoms with Gasteiger partial charge >= 0.3 is 0 Å². The SMILES string of the molecule is CNC(CCCCNC(=O)[C@H](CCCCNC(=O)CCCC(=O)NOCCOCC(=O)NCCOCCOCC(=O)NCCCC[C@H](NC)C(N)=O)CC(=O)CCCC(=O)NC(CNC(C)(C)/C(C)=N\O)CNC(C)(C)/C(C)=N\O)C(N)=O. The van der Waals surface area contributed by atoms with Gasteiger partial charge in [-0.1, -0.05) is 16.7 Å². The van der Waals surface area contributed by atoms with Gasteiger partial charge < -0.3 is 83.9 Å². The summed E-state index contributed by atoms with van der Waals surface area (Å²) in [5.41, 5.74) is 12.5. The molecule has 0 spiro atoms. The summed E-state index contributed by atoms with van der Waals surface area (Å²) < 4.78 is 15.9. The Hall–Kier alpha value is -5.95. The molecule has 0 saturated heterocycles. The number of hydroxylamine groups is 1. The Bertz CT molecular complexity index is 1960. The van der Waals surface area contributed by atoms with Gasteiger partial charge in [0.1, 0.15) is 19.0 Å². The van der Waals surface area contributed by atoms with Crippen LogP contribution in [0, 0.1) is 5.92 Å². The number of nitrogens with two attached hydrogens (primary N) is 2. The normalized spacial score (nSPS) is 13.2. The van der Waals surface area contributed by atoms with Crippen molar-refractivity contribution in [3.63, 3.8) is 0 Å². The minimum absolute atomic E-state index is 0.0209. The van der Waals surface area contributed by atoms with E-state index < -0.39 is 52.8 Å². The van der Waals surface area contributed by atoms with Gasteiger partial charge in [-0.25, -0.2) is 5.48 Å². The first-order valence-corrected chi connectivity index (χ1v) is 28.8. The zero-order valence-corrected chi connectivity index (χ0v) is 50.6. The van der Waals surface area contributed by atoms with E-state index in [0.29, 0.717) is 95.5 Å². The Labute approximate surface area is 489 Å². The number of hydrogen-bond acceptors (Lipinski definition) is 21. The predicted molar refractivity (Wildman–Crippen MR) is 311 cm³/mol. The number of ether oxygens (including phenoxy) is 3. The minimum Gasteiger partial charge on any atom is -0.411 e. The summed E-state index contributed by atoms with van der Waals surface area (Å²) in [5.74, 6) is -3.62. The highest BCUT2D eigenvalue weighted by molar-refractivity contribution is 5.91. The van der Waals surface area contributed by atoms with Crippen molar-refractivity contribution < 1.29 is 72.6 Å². The van der Waals surface area contributed by atoms with Crippen LogP contribution < -0.4 is 64.8 Å². The lowest BCUT2D eigenvalue weighted by Gasteiger charge is -2.32. The molecule has 0 saturated carbocycles. The monoisotopic (exact) mass is 1190 g/mol. The molecule has 0 aromatic rings. The fourth-order valence-corrected chi connectivity index (χ4v) is 7.71. The number of Topliss-reactive ketones (excluding diaryl/α,β-unsaturated/α-hetero) is 1. The average molecular weight is 1190 g/mol. The molecular weight excluding hydrogens is 1080 g/mol. The van der Waals surface area contributed by atoms with Crippen LogP contribution in [0.2, 0.25) is 0 Å². The summed E-state index contributed by atoms with van der Waals surface area (Å²) >= 11 is 0. The average Bonchev–Trinajstić information content (AvgIpc) is 3.44. The van der Waals surface area contributed by atoms with E-state index in [1.807, 2.05) is 27.7 Å². The molecule has 478 valence electrons. The fraction of sp³-hybridized carbons (Fsp3) is 0.796. The summed E-state index contributed by atoms with van der Waals surface area (Å²) in [6.07, 6.45) is 5.82. The number of carbonyl (C=O) groups is 9. The number of likely N-dealkylation sites (N-methyl/N-ethyl adjacent to an activating group) is 2. The second-order valence-corrected chi connectivity index (χ2v) is 21.2. The van der Waals surface area contributed by atoms with Crippen LogP contribution in [0.3, 0.4) is 0 Å². The van der Waals surface area contributed by atoms with Crippen LogP contribution in [0.15, 0.2) is 10.3 Å². The quantitative estimate of drug-likeness (QED) is 0.0151. The van der Waals surface area contributed by atoms with Crippen molar-refractivity contribution in [3.8, 4) is 0 Å². The summed E-state index contributed by atoms with van der Waals surface area (Å²) in [6, 6.07) is -1.31. The first-order chi connectivity index (χ1) is 39.4. The molecule has 0 radical (unpaired) electrons. The summed E-state index contributed by atoms with van der Waals surface area (Å²) in [6.45, 7) is 12.9. The molecule has 0 aromatic carbocycles. The molecule has 0 heterocycles. The lowest BCUT2D eigenvalue weighted by atomic mass is 9.93. The number of rotatable bonds is 53. The molecule has 29 heteroatoms. The molecule has 0 rings (SSSR count). The second kappa shape index (κ2) is 46.4. The van der Waals surface area contributed by atoms with Gasteiger partial charge in [-0.3, -0.25) is 48.0 Å². The van der Waals surface area contributed by atoms with Crippen LogP contribution in [0.1, 0.15) is 144 Å². The van der Waals surface area contributed by atoms with E-state index in [4.69, 9.17) is 30.5 Å². The van der Waals surface area contributed by atoms with Crippen LogP contribution in [0.4, 0.5) is 0 Å². The highest BCUT2D eigenvalue weighted by Crippen LogP contribution is 2.17. The Kier molecular flexibility index (Phi) is 43.1. The first kappa shape index (κ1) is 77.0. The van der Waals surface area contributed by atoms with Crippen LogP contribution in [0.5, 0.6) is 0 Å². The number of ketones is 1. The molecule has 0 aliphatic rings. The molecule has 0 aliphatic carbocycles. The lowest BCUT2D eigenvalue weighted by molar-refractivity contribution is -0.136. The maximum Gasteiger partial charge on any atom is 0.246 e. The predicted octanol–water partition coefficient (Wildman–Crippen LogP) is -0.956. The number of amides is 8. The highest BCUT2D eigenvalue weighted by Gasteiger charge is 2.28. The second-order valence-electron chi connectivity index (χ2n) is 21.2. The third-order valence-electron chi connectivity index (χ3n) is 13.6. The molecule has 83 heavy (non-hydrogen) atoms. The standard InChI is InChI=1S/C54H102N14O15/c1-38(66-78)53(3,4)63-34-41(35-64-54(5,6)39(2)67-79)65-46(71)22-15-18-42(69)33-40(52(77)62-26-14-11-20-44(58-8)51(56)76)17-9-12-24-59-45(70)21-16-23-47(72)68-83-32-31-82-37-49(74)61-27-28-80-29-30-81-36-48(73)60-25-13-10-19-43(57-7)50(55)75/h40-41,43-44,57-58,63-64,78-79H,9-37H2,1-8H3,(H2,55,75)(H2,56,76)(H,59,70)(H,60,73)(H,61,74)(H,62,77)(H,65,71)(H,68,72)/b66-38-,67-39-/t40-,43+,44?/m1/s1. The van der Waals surface area contributed by atoms with E-state index in [-0.39, 0.29) is 133 Å². The van der Waals surface area contributed by atoms with Gasteiger partial charge in [0.2, 0.25) is 47.3 Å². The van der Waals surface area contributed by atoms with Crippen molar-refractivity contribution in [2.75, 3.05) is 99.6 Å². The molecule has 16 N–H and O–H groups in total. The summed E-state index contributed by atoms with van der Waals surface area (Å²) in [4.78, 5) is 116. The van der Waals surface area contributed by atoms with E-state index in [9.17, 15) is 53.6 Å². The Morgan fingerprint density at radius 1 is 0.506 bits per heavy atom. The van der Waals surface area contributed by atoms with Crippen LogP contribution >= 0.6 is 0 Å². The molecule has 0 bridgehead atoms. The van der Waals surface area contributed by atoms with Gasteiger partial charge in [0.25, 0.3) is 0 Å². The van der Waals surface area contributed by atoms with E-state index in [1.165, 1.54) is 0 Å². The molecular formula is C54H102N14O15. The summed E-state index contributed by atoms with van der Waals surface area (Å²) in [7, 11) is 3.31.